The second-order valence-corrected chi connectivity index (χ2v) is 6.47. The third-order valence-electron chi connectivity index (χ3n) is 4.55. The number of hydrogen-bond acceptors (Lipinski definition) is 7. The van der Waals surface area contributed by atoms with E-state index in [1.165, 1.54) is 36.3 Å². The average Bonchev–Trinajstić information content (AvgIpc) is 3.15. The number of non-ortho nitro benzene ring substituents is 1. The summed E-state index contributed by atoms with van der Waals surface area (Å²) in [6.07, 6.45) is -1.70. The third-order valence-corrected chi connectivity index (χ3v) is 4.55. The van der Waals surface area contributed by atoms with Crippen molar-refractivity contribution in [2.24, 2.45) is 0 Å². The number of rotatable bonds is 6. The number of nitro groups is 1. The number of ether oxygens (including phenoxy) is 3. The summed E-state index contributed by atoms with van der Waals surface area (Å²) in [5.74, 6) is -0.647. The van der Waals surface area contributed by atoms with Gasteiger partial charge in [0.05, 0.1) is 23.6 Å². The van der Waals surface area contributed by atoms with Gasteiger partial charge in [0.2, 0.25) is 0 Å². The smallest absolute Gasteiger partial charge is 0.410 e. The molecule has 2 atom stereocenters. The molecule has 9 nitrogen and oxygen atoms in total. The second-order valence-electron chi connectivity index (χ2n) is 6.47. The summed E-state index contributed by atoms with van der Waals surface area (Å²) in [6, 6.07) is 14.4. The van der Waals surface area contributed by atoms with Crippen LogP contribution in [0.1, 0.15) is 15.9 Å². The van der Waals surface area contributed by atoms with Gasteiger partial charge >= 0.3 is 12.1 Å². The highest BCUT2D eigenvalue weighted by Gasteiger charge is 2.39. The van der Waals surface area contributed by atoms with Crippen LogP contribution in [0.2, 0.25) is 0 Å². The highest BCUT2D eigenvalue weighted by molar-refractivity contribution is 5.89. The third kappa shape index (κ3) is 5.08. The topological polar surface area (TPSA) is 108 Å². The molecule has 2 aromatic rings. The van der Waals surface area contributed by atoms with Crippen molar-refractivity contribution >= 4 is 17.7 Å². The van der Waals surface area contributed by atoms with Crippen molar-refractivity contribution < 1.29 is 28.7 Å². The molecule has 2 aromatic carbocycles. The average molecular weight is 400 g/mol. The van der Waals surface area contributed by atoms with E-state index in [0.29, 0.717) is 0 Å². The Kier molecular flexibility index (Phi) is 6.40. The summed E-state index contributed by atoms with van der Waals surface area (Å²) in [6.45, 7) is 0.494. The lowest BCUT2D eigenvalue weighted by atomic mass is 10.2. The maximum absolute atomic E-state index is 12.3. The molecule has 29 heavy (non-hydrogen) atoms. The lowest BCUT2D eigenvalue weighted by Gasteiger charge is -2.17. The van der Waals surface area contributed by atoms with Crippen LogP contribution >= 0.6 is 0 Å². The van der Waals surface area contributed by atoms with Gasteiger partial charge in [0, 0.05) is 19.2 Å². The number of esters is 1. The molecule has 0 saturated carbocycles. The number of likely N-dealkylation sites (tertiary alicyclic amines) is 1. The lowest BCUT2D eigenvalue weighted by Crippen LogP contribution is -2.31. The first-order valence-corrected chi connectivity index (χ1v) is 8.92. The molecule has 3 rings (SSSR count). The van der Waals surface area contributed by atoms with Crippen LogP contribution in [0, 0.1) is 10.1 Å². The highest BCUT2D eigenvalue weighted by Crippen LogP contribution is 2.20. The van der Waals surface area contributed by atoms with Crippen molar-refractivity contribution in [2.45, 2.75) is 18.8 Å². The molecule has 9 heteroatoms. The quantitative estimate of drug-likeness (QED) is 0.417. The predicted octanol–water partition coefficient (Wildman–Crippen LogP) is 2.79. The number of carbonyl (C=O) groups excluding carboxylic acids is 2. The van der Waals surface area contributed by atoms with Crippen molar-refractivity contribution in [3.63, 3.8) is 0 Å². The molecule has 1 saturated heterocycles. The number of nitro benzene ring substituents is 1. The summed E-state index contributed by atoms with van der Waals surface area (Å²) < 4.78 is 16.1. The predicted molar refractivity (Wildman–Crippen MR) is 101 cm³/mol. The first-order valence-electron chi connectivity index (χ1n) is 8.92. The Bertz CT molecular complexity index is 870. The molecule has 1 fully saturated rings. The van der Waals surface area contributed by atoms with Gasteiger partial charge in [0.25, 0.3) is 5.69 Å². The molecule has 0 radical (unpaired) electrons. The van der Waals surface area contributed by atoms with Crippen molar-refractivity contribution in [1.82, 2.24) is 4.90 Å². The van der Waals surface area contributed by atoms with E-state index in [2.05, 4.69) is 0 Å². The molecule has 0 N–H and O–H groups in total. The van der Waals surface area contributed by atoms with Crippen LogP contribution in [0.5, 0.6) is 0 Å². The van der Waals surface area contributed by atoms with Gasteiger partial charge in [-0.25, -0.2) is 9.59 Å². The zero-order chi connectivity index (χ0) is 20.8. The van der Waals surface area contributed by atoms with E-state index in [4.69, 9.17) is 14.2 Å². The molecule has 1 aliphatic heterocycles. The van der Waals surface area contributed by atoms with E-state index in [9.17, 15) is 19.7 Å². The maximum atomic E-state index is 12.3. The van der Waals surface area contributed by atoms with Gasteiger partial charge in [-0.3, -0.25) is 10.1 Å². The van der Waals surface area contributed by atoms with Crippen LogP contribution in [-0.2, 0) is 20.8 Å². The zero-order valence-corrected chi connectivity index (χ0v) is 15.7. The van der Waals surface area contributed by atoms with Gasteiger partial charge < -0.3 is 19.1 Å². The number of hydrogen-bond donors (Lipinski definition) is 0. The molecular weight excluding hydrogens is 380 g/mol. The highest BCUT2D eigenvalue weighted by atomic mass is 16.6. The van der Waals surface area contributed by atoms with E-state index >= 15 is 0 Å². The number of nitrogens with zero attached hydrogens (tertiary/aromatic N) is 2. The summed E-state index contributed by atoms with van der Waals surface area (Å²) in [5, 5.41) is 10.7. The van der Waals surface area contributed by atoms with Gasteiger partial charge in [0.15, 0.2) is 0 Å². The Morgan fingerprint density at radius 2 is 1.72 bits per heavy atom. The number of benzene rings is 2. The fourth-order valence-electron chi connectivity index (χ4n) is 2.97. The van der Waals surface area contributed by atoms with Crippen LogP contribution in [-0.4, -0.2) is 54.3 Å². The Hall–Kier alpha value is -3.46. The van der Waals surface area contributed by atoms with Crippen LogP contribution in [0.3, 0.4) is 0 Å². The lowest BCUT2D eigenvalue weighted by molar-refractivity contribution is -0.384. The molecule has 152 valence electrons. The van der Waals surface area contributed by atoms with Gasteiger partial charge in [0.1, 0.15) is 18.8 Å². The fourth-order valence-corrected chi connectivity index (χ4v) is 2.97. The van der Waals surface area contributed by atoms with Crippen LogP contribution < -0.4 is 0 Å². The zero-order valence-electron chi connectivity index (χ0n) is 15.7. The Balaban J connectivity index is 1.57. The molecule has 1 heterocycles. The molecule has 1 amide bonds. The van der Waals surface area contributed by atoms with E-state index in [0.717, 1.165) is 5.56 Å². The number of amides is 1. The number of methoxy groups -OCH3 is 1. The Labute approximate surface area is 166 Å². The molecular formula is C20H20N2O7. The van der Waals surface area contributed by atoms with Crippen molar-refractivity contribution in [3.8, 4) is 0 Å². The summed E-state index contributed by atoms with van der Waals surface area (Å²) >= 11 is 0. The van der Waals surface area contributed by atoms with Crippen LogP contribution in [0.15, 0.2) is 54.6 Å². The molecule has 0 spiro atoms. The minimum Gasteiger partial charge on any atom is -0.454 e. The fraction of sp³-hybridized carbons (Fsp3) is 0.300. The van der Waals surface area contributed by atoms with Crippen molar-refractivity contribution in [1.29, 1.82) is 0 Å². The van der Waals surface area contributed by atoms with Gasteiger partial charge in [-0.05, 0) is 17.7 Å². The Morgan fingerprint density at radius 1 is 1.07 bits per heavy atom. The van der Waals surface area contributed by atoms with E-state index < -0.39 is 29.2 Å². The normalized spacial score (nSPS) is 18.3. The summed E-state index contributed by atoms with van der Waals surface area (Å²) in [5.41, 5.74) is 0.921. The van der Waals surface area contributed by atoms with E-state index in [1.54, 1.807) is 0 Å². The molecule has 2 unspecified atom stereocenters. The summed E-state index contributed by atoms with van der Waals surface area (Å²) in [7, 11) is 1.47. The first kappa shape index (κ1) is 20.3. The van der Waals surface area contributed by atoms with Crippen molar-refractivity contribution in [3.05, 3.63) is 75.8 Å². The van der Waals surface area contributed by atoms with Gasteiger partial charge in [-0.2, -0.15) is 0 Å². The number of carbonyl (C=O) groups is 2. The van der Waals surface area contributed by atoms with Gasteiger partial charge in [-0.1, -0.05) is 30.3 Å². The molecule has 0 aromatic heterocycles. The monoisotopic (exact) mass is 400 g/mol. The van der Waals surface area contributed by atoms with Crippen molar-refractivity contribution in [2.75, 3.05) is 20.2 Å². The minimum absolute atomic E-state index is 0.121. The second kappa shape index (κ2) is 9.16. The van der Waals surface area contributed by atoms with E-state index in [-0.39, 0.29) is 30.9 Å². The standard InChI is InChI=1S/C20H20N2O7/c1-27-17-11-21(20(24)28-13-14-5-3-2-4-6-14)12-18(17)29-19(23)15-7-9-16(10-8-15)22(25)26/h2-10,17-18H,11-13H2,1H3. The minimum atomic E-state index is -0.674. The summed E-state index contributed by atoms with van der Waals surface area (Å²) in [4.78, 5) is 36.3. The first-order chi connectivity index (χ1) is 14.0. The van der Waals surface area contributed by atoms with Gasteiger partial charge in [-0.15, -0.1) is 0 Å². The van der Waals surface area contributed by atoms with E-state index in [1.807, 2.05) is 30.3 Å². The Morgan fingerprint density at radius 3 is 2.34 bits per heavy atom. The van der Waals surface area contributed by atoms with Crippen LogP contribution in [0.25, 0.3) is 0 Å². The molecule has 1 aliphatic rings. The largest absolute Gasteiger partial charge is 0.454 e. The molecule has 0 aliphatic carbocycles. The SMILES string of the molecule is COC1CN(C(=O)OCc2ccccc2)CC1OC(=O)c1ccc([N+](=O)[O-])cc1. The maximum Gasteiger partial charge on any atom is 0.410 e. The van der Waals surface area contributed by atoms with Crippen LogP contribution in [0.4, 0.5) is 10.5 Å². The molecule has 0 bridgehead atoms.